The fourth-order valence-electron chi connectivity index (χ4n) is 3.86. The van der Waals surface area contributed by atoms with Crippen molar-refractivity contribution in [3.05, 3.63) is 59.2 Å². The molecule has 2 aromatic carbocycles. The second kappa shape index (κ2) is 7.25. The molecular formula is C20H20F2N2O3S. The first kappa shape index (κ1) is 19.0. The van der Waals surface area contributed by atoms with Crippen molar-refractivity contribution in [2.45, 2.75) is 30.6 Å². The van der Waals surface area contributed by atoms with Gasteiger partial charge in [0.25, 0.3) is 5.91 Å². The van der Waals surface area contributed by atoms with Crippen molar-refractivity contribution in [1.29, 1.82) is 0 Å². The monoisotopic (exact) mass is 406 g/mol. The van der Waals surface area contributed by atoms with Gasteiger partial charge in [0, 0.05) is 37.0 Å². The minimum Gasteiger partial charge on any atom is -0.308 e. The van der Waals surface area contributed by atoms with Gasteiger partial charge in [-0.3, -0.25) is 4.79 Å². The average Bonchev–Trinajstić information content (AvgIpc) is 3.21. The summed E-state index contributed by atoms with van der Waals surface area (Å²) in [6.45, 7) is 1.45. The summed E-state index contributed by atoms with van der Waals surface area (Å²) in [6, 6.07) is 7.47. The Labute approximate surface area is 162 Å². The van der Waals surface area contributed by atoms with Crippen LogP contribution in [-0.2, 0) is 16.4 Å². The zero-order chi connectivity index (χ0) is 19.9. The van der Waals surface area contributed by atoms with Crippen LogP contribution < -0.4 is 4.90 Å². The van der Waals surface area contributed by atoms with Crippen LogP contribution in [0.5, 0.6) is 0 Å². The van der Waals surface area contributed by atoms with Crippen LogP contribution in [0.15, 0.2) is 41.3 Å². The standard InChI is InChI=1S/C20H20F2N2O3S/c21-16-10-15(11-17(22)13-16)20(25)24-9-3-4-14-12-18(5-6-19(14)24)28(26,27)23-7-1-2-8-23/h5-6,10-13H,1-4,7-9H2. The number of hydrogen-bond acceptors (Lipinski definition) is 3. The van der Waals surface area contributed by atoms with Crippen molar-refractivity contribution in [1.82, 2.24) is 4.31 Å². The van der Waals surface area contributed by atoms with E-state index in [0.717, 1.165) is 36.6 Å². The summed E-state index contributed by atoms with van der Waals surface area (Å²) >= 11 is 0. The minimum atomic E-state index is -3.54. The molecule has 4 rings (SSSR count). The minimum absolute atomic E-state index is 0.0703. The molecule has 2 aliphatic heterocycles. The molecule has 5 nitrogen and oxygen atoms in total. The van der Waals surface area contributed by atoms with E-state index in [2.05, 4.69) is 0 Å². The van der Waals surface area contributed by atoms with Gasteiger partial charge in [0.05, 0.1) is 4.90 Å². The molecule has 0 radical (unpaired) electrons. The van der Waals surface area contributed by atoms with Crippen LogP contribution in [0.2, 0.25) is 0 Å². The first-order chi connectivity index (χ1) is 13.4. The number of amides is 1. The van der Waals surface area contributed by atoms with Gasteiger partial charge in [-0.25, -0.2) is 17.2 Å². The van der Waals surface area contributed by atoms with Crippen LogP contribution >= 0.6 is 0 Å². The maximum Gasteiger partial charge on any atom is 0.258 e. The Morgan fingerprint density at radius 3 is 2.25 bits per heavy atom. The molecule has 0 aromatic heterocycles. The summed E-state index contributed by atoms with van der Waals surface area (Å²) in [4.78, 5) is 14.5. The van der Waals surface area contributed by atoms with Crippen molar-refractivity contribution >= 4 is 21.6 Å². The Morgan fingerprint density at radius 1 is 0.893 bits per heavy atom. The molecule has 148 valence electrons. The van der Waals surface area contributed by atoms with Gasteiger partial charge in [-0.15, -0.1) is 0 Å². The quantitative estimate of drug-likeness (QED) is 0.786. The molecule has 0 N–H and O–H groups in total. The molecule has 0 aliphatic carbocycles. The average molecular weight is 406 g/mol. The molecule has 2 aromatic rings. The Morgan fingerprint density at radius 2 is 1.57 bits per heavy atom. The molecule has 1 fully saturated rings. The van der Waals surface area contributed by atoms with E-state index in [-0.39, 0.29) is 10.5 Å². The van der Waals surface area contributed by atoms with Crippen LogP contribution in [0.4, 0.5) is 14.5 Å². The number of aryl methyl sites for hydroxylation is 1. The molecule has 1 amide bonds. The number of benzene rings is 2. The van der Waals surface area contributed by atoms with Crippen LogP contribution in [0, 0.1) is 11.6 Å². The van der Waals surface area contributed by atoms with Gasteiger partial charge in [0.2, 0.25) is 10.0 Å². The van der Waals surface area contributed by atoms with E-state index >= 15 is 0 Å². The van der Waals surface area contributed by atoms with Crippen molar-refractivity contribution in [3.8, 4) is 0 Å². The van der Waals surface area contributed by atoms with Gasteiger partial charge in [-0.1, -0.05) is 0 Å². The fourth-order valence-corrected chi connectivity index (χ4v) is 5.42. The van der Waals surface area contributed by atoms with Crippen LogP contribution in [-0.4, -0.2) is 38.3 Å². The lowest BCUT2D eigenvalue weighted by molar-refractivity contribution is 0.0984. The molecular weight excluding hydrogens is 386 g/mol. The highest BCUT2D eigenvalue weighted by Gasteiger charge is 2.30. The van der Waals surface area contributed by atoms with Crippen LogP contribution in [0.3, 0.4) is 0 Å². The highest BCUT2D eigenvalue weighted by Crippen LogP contribution is 2.32. The number of fused-ring (bicyclic) bond motifs is 1. The van der Waals surface area contributed by atoms with Crippen molar-refractivity contribution in [2.75, 3.05) is 24.5 Å². The number of hydrogen-bond donors (Lipinski definition) is 0. The third-order valence-corrected chi connectivity index (χ3v) is 7.12. The highest BCUT2D eigenvalue weighted by atomic mass is 32.2. The van der Waals surface area contributed by atoms with Gasteiger partial charge in [0.15, 0.2) is 0 Å². The second-order valence-electron chi connectivity index (χ2n) is 7.12. The van der Waals surface area contributed by atoms with Crippen LogP contribution in [0.25, 0.3) is 0 Å². The summed E-state index contributed by atoms with van der Waals surface area (Å²) < 4.78 is 54.1. The third-order valence-electron chi connectivity index (χ3n) is 5.23. The van der Waals surface area contributed by atoms with Gasteiger partial charge >= 0.3 is 0 Å². The lowest BCUT2D eigenvalue weighted by atomic mass is 10.0. The van der Waals surface area contributed by atoms with Gasteiger partial charge in [-0.2, -0.15) is 4.31 Å². The van der Waals surface area contributed by atoms with E-state index in [4.69, 9.17) is 0 Å². The van der Waals surface area contributed by atoms with E-state index in [9.17, 15) is 22.0 Å². The molecule has 2 aliphatic rings. The summed E-state index contributed by atoms with van der Waals surface area (Å²) in [6.07, 6.45) is 3.00. The van der Waals surface area contributed by atoms with Crippen LogP contribution in [0.1, 0.15) is 35.2 Å². The van der Waals surface area contributed by atoms with Crippen molar-refractivity contribution < 1.29 is 22.0 Å². The molecule has 8 heteroatoms. The number of anilines is 1. The number of carbonyl (C=O) groups excluding carboxylic acids is 1. The SMILES string of the molecule is O=C(c1cc(F)cc(F)c1)N1CCCc2cc(S(=O)(=O)N3CCCC3)ccc21. The molecule has 0 spiro atoms. The maximum atomic E-state index is 13.5. The van der Waals surface area contributed by atoms with Crippen molar-refractivity contribution in [2.24, 2.45) is 0 Å². The van der Waals surface area contributed by atoms with E-state index < -0.39 is 27.6 Å². The predicted molar refractivity (Wildman–Crippen MR) is 101 cm³/mol. The smallest absolute Gasteiger partial charge is 0.258 e. The van der Waals surface area contributed by atoms with E-state index in [1.807, 2.05) is 0 Å². The molecule has 1 saturated heterocycles. The Bertz CT molecular complexity index is 1010. The fraction of sp³-hybridized carbons (Fsp3) is 0.350. The molecule has 0 bridgehead atoms. The van der Waals surface area contributed by atoms with E-state index in [1.54, 1.807) is 12.1 Å². The third kappa shape index (κ3) is 3.42. The Balaban J connectivity index is 1.67. The summed E-state index contributed by atoms with van der Waals surface area (Å²) in [7, 11) is -3.54. The summed E-state index contributed by atoms with van der Waals surface area (Å²) in [5, 5.41) is 0. The summed E-state index contributed by atoms with van der Waals surface area (Å²) in [5.74, 6) is -2.13. The number of carbonyl (C=O) groups is 1. The normalized spacial score (nSPS) is 17.6. The topological polar surface area (TPSA) is 57.7 Å². The molecule has 2 heterocycles. The lowest BCUT2D eigenvalue weighted by Crippen LogP contribution is -2.36. The van der Waals surface area contributed by atoms with Crippen molar-refractivity contribution in [3.63, 3.8) is 0 Å². The zero-order valence-electron chi connectivity index (χ0n) is 15.2. The predicted octanol–water partition coefficient (Wildman–Crippen LogP) is 3.34. The Hall–Kier alpha value is -2.32. The molecule has 0 atom stereocenters. The van der Waals surface area contributed by atoms with Gasteiger partial charge in [-0.05, 0) is 61.6 Å². The summed E-state index contributed by atoms with van der Waals surface area (Å²) in [5.41, 5.74) is 1.26. The molecule has 0 unspecified atom stereocenters. The first-order valence-corrected chi connectivity index (χ1v) is 10.7. The maximum absolute atomic E-state index is 13.5. The number of sulfonamides is 1. The molecule has 28 heavy (non-hydrogen) atoms. The highest BCUT2D eigenvalue weighted by molar-refractivity contribution is 7.89. The number of rotatable bonds is 3. The van der Waals surface area contributed by atoms with E-state index in [1.165, 1.54) is 15.3 Å². The second-order valence-corrected chi connectivity index (χ2v) is 9.06. The van der Waals surface area contributed by atoms with Gasteiger partial charge < -0.3 is 4.90 Å². The molecule has 0 saturated carbocycles. The zero-order valence-corrected chi connectivity index (χ0v) is 16.0. The van der Waals surface area contributed by atoms with Gasteiger partial charge in [0.1, 0.15) is 11.6 Å². The number of halogens is 2. The Kier molecular flexibility index (Phi) is 4.93. The first-order valence-electron chi connectivity index (χ1n) is 9.27. The largest absolute Gasteiger partial charge is 0.308 e. The van der Waals surface area contributed by atoms with E-state index in [0.29, 0.717) is 38.2 Å². The number of nitrogens with zero attached hydrogens (tertiary/aromatic N) is 2. The lowest BCUT2D eigenvalue weighted by Gasteiger charge is -2.30.